The van der Waals surface area contributed by atoms with Gasteiger partial charge in [0, 0.05) is 53.2 Å². The van der Waals surface area contributed by atoms with E-state index in [0.29, 0.717) is 11.1 Å². The molecule has 3 rings (SSSR count). The van der Waals surface area contributed by atoms with Crippen molar-refractivity contribution in [1.82, 2.24) is 4.98 Å². The van der Waals surface area contributed by atoms with Gasteiger partial charge < -0.3 is 15.2 Å². The van der Waals surface area contributed by atoms with E-state index in [0.717, 1.165) is 25.5 Å². The van der Waals surface area contributed by atoms with Crippen LogP contribution in [0, 0.1) is 18.7 Å². The van der Waals surface area contributed by atoms with Gasteiger partial charge in [-0.25, -0.2) is 0 Å². The maximum Gasteiger partial charge on any atom is 0.0799 e. The Morgan fingerprint density at radius 2 is 1.73 bits per heavy atom. The molecule has 0 atom stereocenters. The van der Waals surface area contributed by atoms with Crippen LogP contribution >= 0.6 is 0 Å². The van der Waals surface area contributed by atoms with Gasteiger partial charge in [0.2, 0.25) is 0 Å². The fraction of sp³-hybridized carbons (Fsp3) is 0.292. The Balaban J connectivity index is 0.00000220. The molecule has 3 aromatic rings. The van der Waals surface area contributed by atoms with E-state index in [2.05, 4.69) is 30.7 Å². The summed E-state index contributed by atoms with van der Waals surface area (Å²) in [5.74, 6) is -0.747. The summed E-state index contributed by atoms with van der Waals surface area (Å²) in [7, 11) is 0.0273. The van der Waals surface area contributed by atoms with Gasteiger partial charge in [0.05, 0.1) is 8.07 Å². The Bertz CT molecular complexity index is 1080. The summed E-state index contributed by atoms with van der Waals surface area (Å²) in [6.45, 7) is 3.88. The minimum atomic E-state index is -2.43. The fourth-order valence-electron chi connectivity index (χ4n) is 2.64. The number of aryl methyl sites for hydroxylation is 1. The first-order valence-corrected chi connectivity index (χ1v) is 12.5. The van der Waals surface area contributed by atoms with Crippen molar-refractivity contribution in [3.8, 4) is 11.3 Å². The van der Waals surface area contributed by atoms with E-state index in [1.165, 1.54) is 6.07 Å². The molecule has 0 amide bonds. The Morgan fingerprint density at radius 1 is 1.10 bits per heavy atom. The molecular weight excluding hydrogens is 574 g/mol. The summed E-state index contributed by atoms with van der Waals surface area (Å²) in [5.41, 5.74) is 1.06. The van der Waals surface area contributed by atoms with Crippen LogP contribution in [0.1, 0.15) is 23.5 Å². The van der Waals surface area contributed by atoms with Crippen molar-refractivity contribution in [2.24, 2.45) is 0 Å². The number of aliphatic hydroxyl groups excluding tert-OH is 2. The van der Waals surface area contributed by atoms with Crippen molar-refractivity contribution in [3.05, 3.63) is 83.3 Å². The molecule has 0 aliphatic carbocycles. The van der Waals surface area contributed by atoms with Crippen molar-refractivity contribution in [3.63, 3.8) is 0 Å². The van der Waals surface area contributed by atoms with Gasteiger partial charge in [-0.2, -0.15) is 0 Å². The van der Waals surface area contributed by atoms with E-state index in [1.807, 2.05) is 6.07 Å². The molecule has 0 fully saturated rings. The summed E-state index contributed by atoms with van der Waals surface area (Å²) in [4.78, 5) is 4.39. The zero-order chi connectivity index (χ0) is 26.3. The van der Waals surface area contributed by atoms with Crippen LogP contribution in [0.4, 0.5) is 4.39 Å². The van der Waals surface area contributed by atoms with Gasteiger partial charge in [-0.05, 0) is 22.8 Å². The van der Waals surface area contributed by atoms with Gasteiger partial charge in [0.25, 0.3) is 0 Å². The SMILES string of the molecule is CO.CO.[2H]C([2H])([2H])c1c[c-]c(-c2cc(C([2H])([2H])c3ccccc3)c([Si](C)(C)C)cn2)c(F)c1.[Ir]. The van der Waals surface area contributed by atoms with E-state index < -0.39 is 27.1 Å². The van der Waals surface area contributed by atoms with Gasteiger partial charge in [-0.15, -0.1) is 23.8 Å². The molecule has 6 heteroatoms. The molecule has 1 aromatic heterocycles. The van der Waals surface area contributed by atoms with E-state index >= 15 is 0 Å². The molecule has 0 saturated heterocycles. The smallest absolute Gasteiger partial charge is 0.0799 e. The number of aliphatic hydroxyl groups is 2. The first kappa shape index (κ1) is 20.2. The number of nitrogens with zero attached hydrogens (tertiary/aromatic N) is 1. The molecule has 165 valence electrons. The topological polar surface area (TPSA) is 53.4 Å². The van der Waals surface area contributed by atoms with Gasteiger partial charge in [0.15, 0.2) is 0 Å². The van der Waals surface area contributed by atoms with E-state index in [9.17, 15) is 4.39 Å². The molecule has 3 nitrogen and oxygen atoms in total. The molecule has 0 saturated carbocycles. The number of pyridine rings is 1. The number of benzene rings is 2. The third-order valence-electron chi connectivity index (χ3n) is 3.91. The number of hydrogen-bond acceptors (Lipinski definition) is 3. The predicted octanol–water partition coefficient (Wildman–Crippen LogP) is 4.35. The largest absolute Gasteiger partial charge is 0.400 e. The third kappa shape index (κ3) is 7.86. The van der Waals surface area contributed by atoms with E-state index in [-0.39, 0.29) is 36.9 Å². The van der Waals surface area contributed by atoms with Crippen molar-refractivity contribution in [1.29, 1.82) is 0 Å². The van der Waals surface area contributed by atoms with Crippen LogP contribution in [-0.4, -0.2) is 37.5 Å². The third-order valence-corrected chi connectivity index (χ3v) is 5.93. The fourth-order valence-corrected chi connectivity index (χ4v) is 4.03. The molecule has 2 aromatic carbocycles. The second-order valence-corrected chi connectivity index (χ2v) is 12.0. The molecule has 1 radical (unpaired) electrons. The summed E-state index contributed by atoms with van der Waals surface area (Å²) in [5, 5.41) is 14.8. The number of aromatic nitrogens is 1. The van der Waals surface area contributed by atoms with Crippen molar-refractivity contribution in [2.75, 3.05) is 14.2 Å². The van der Waals surface area contributed by atoms with Gasteiger partial charge in [-0.3, -0.25) is 4.39 Å². The summed E-state index contributed by atoms with van der Waals surface area (Å²) in [6, 6.07) is 15.3. The average Bonchev–Trinajstić information content (AvgIpc) is 2.80. The minimum absolute atomic E-state index is 0. The summed E-state index contributed by atoms with van der Waals surface area (Å²) >= 11 is 0. The van der Waals surface area contributed by atoms with Gasteiger partial charge in [-0.1, -0.05) is 74.0 Å². The van der Waals surface area contributed by atoms with Crippen LogP contribution in [-0.2, 0) is 26.5 Å². The van der Waals surface area contributed by atoms with Crippen LogP contribution in [0.5, 0.6) is 0 Å². The molecule has 0 spiro atoms. The van der Waals surface area contributed by atoms with Crippen molar-refractivity contribution < 1.29 is 41.6 Å². The first-order valence-electron chi connectivity index (χ1n) is 11.5. The van der Waals surface area contributed by atoms with Crippen LogP contribution in [0.2, 0.25) is 19.6 Å². The first-order chi connectivity index (χ1) is 15.8. The summed E-state index contributed by atoms with van der Waals surface area (Å²) < 4.78 is 54.7. The Morgan fingerprint density at radius 3 is 2.27 bits per heavy atom. The number of rotatable bonds is 4. The molecule has 0 unspecified atom stereocenters. The molecule has 0 aliphatic rings. The normalized spacial score (nSPS) is 13.4. The van der Waals surface area contributed by atoms with E-state index in [4.69, 9.17) is 17.1 Å². The molecule has 0 bridgehead atoms. The second kappa shape index (κ2) is 13.6. The van der Waals surface area contributed by atoms with Crippen LogP contribution in [0.3, 0.4) is 0 Å². The Labute approximate surface area is 201 Å². The Kier molecular flexibility index (Phi) is 9.15. The Hall–Kier alpha value is -1.69. The zero-order valence-electron chi connectivity index (χ0n) is 22.7. The second-order valence-electron chi connectivity index (χ2n) is 6.97. The standard InChI is InChI=1S/C22H23FNSi.2CH4O.Ir/c1-16-10-11-19(20(23)12-16)21-14-18(13-17-8-6-5-7-9-17)22(15-24-21)25(2,3)4;2*1-2;/h5-10,12,14-15H,13H2,1-4H3;2*2H,1H3;/q-1;;;/i1D3,13D2;;;. The molecule has 0 aliphatic heterocycles. The van der Waals surface area contributed by atoms with Crippen LogP contribution < -0.4 is 5.19 Å². The predicted molar refractivity (Wildman–Crippen MR) is 122 cm³/mol. The molecule has 30 heavy (non-hydrogen) atoms. The van der Waals surface area contributed by atoms with Crippen LogP contribution in [0.25, 0.3) is 11.3 Å². The quantitative estimate of drug-likeness (QED) is 0.342. The maximum absolute atomic E-state index is 14.7. The maximum atomic E-state index is 14.7. The van der Waals surface area contributed by atoms with Gasteiger partial charge >= 0.3 is 0 Å². The minimum Gasteiger partial charge on any atom is -0.400 e. The van der Waals surface area contributed by atoms with E-state index in [1.54, 1.807) is 36.5 Å². The average molecular weight is 610 g/mol. The van der Waals surface area contributed by atoms with Crippen LogP contribution in [0.15, 0.2) is 54.7 Å². The van der Waals surface area contributed by atoms with Crippen molar-refractivity contribution in [2.45, 2.75) is 32.9 Å². The molecular formula is C24H31FIrNO2Si-. The summed E-state index contributed by atoms with van der Waals surface area (Å²) in [6.07, 6.45) is -0.174. The molecule has 2 N–H and O–H groups in total. The van der Waals surface area contributed by atoms with Gasteiger partial charge in [0.1, 0.15) is 0 Å². The molecule has 1 heterocycles. The van der Waals surface area contributed by atoms with Crippen molar-refractivity contribution >= 4 is 13.3 Å². The zero-order valence-corrected chi connectivity index (χ0v) is 21.1. The number of hydrogen-bond donors (Lipinski definition) is 2. The number of halogens is 1. The monoisotopic (exact) mass is 610 g/mol.